The SMILES string of the molecule is Cc1cc(Br)ccc1NC(=O)Cc1csc(NC(=O)NC2CCCC2)n1. The second-order valence-corrected chi connectivity index (χ2v) is 8.18. The van der Waals surface area contributed by atoms with Crippen LogP contribution in [0.15, 0.2) is 28.1 Å². The van der Waals surface area contributed by atoms with Gasteiger partial charge in [-0.05, 0) is 43.5 Å². The van der Waals surface area contributed by atoms with E-state index >= 15 is 0 Å². The number of benzene rings is 1. The fraction of sp³-hybridized carbons (Fsp3) is 0.389. The third-order valence-corrected chi connectivity index (χ3v) is 5.57. The van der Waals surface area contributed by atoms with Crippen LogP contribution < -0.4 is 16.0 Å². The van der Waals surface area contributed by atoms with Gasteiger partial charge >= 0.3 is 6.03 Å². The summed E-state index contributed by atoms with van der Waals surface area (Å²) in [5, 5.41) is 10.9. The van der Waals surface area contributed by atoms with E-state index in [0.717, 1.165) is 28.6 Å². The quantitative estimate of drug-likeness (QED) is 0.646. The van der Waals surface area contributed by atoms with Crippen LogP contribution in [0.1, 0.15) is 36.9 Å². The summed E-state index contributed by atoms with van der Waals surface area (Å²) in [7, 11) is 0. The predicted octanol–water partition coefficient (Wildman–Crippen LogP) is 4.46. The second-order valence-electron chi connectivity index (χ2n) is 6.41. The highest BCUT2D eigenvalue weighted by Crippen LogP contribution is 2.21. The average Bonchev–Trinajstić information content (AvgIpc) is 3.22. The van der Waals surface area contributed by atoms with Gasteiger partial charge < -0.3 is 10.6 Å². The smallest absolute Gasteiger partial charge is 0.321 e. The van der Waals surface area contributed by atoms with E-state index in [1.54, 1.807) is 5.38 Å². The van der Waals surface area contributed by atoms with Crippen LogP contribution in [0, 0.1) is 6.92 Å². The molecule has 0 spiro atoms. The van der Waals surface area contributed by atoms with E-state index in [9.17, 15) is 9.59 Å². The van der Waals surface area contributed by atoms with Crippen LogP contribution in [0.2, 0.25) is 0 Å². The van der Waals surface area contributed by atoms with E-state index in [2.05, 4.69) is 36.9 Å². The summed E-state index contributed by atoms with van der Waals surface area (Å²) in [5.41, 5.74) is 2.40. The zero-order valence-electron chi connectivity index (χ0n) is 14.5. The second kappa shape index (κ2) is 8.64. The molecule has 2 aromatic rings. The third kappa shape index (κ3) is 5.28. The molecule has 1 aliphatic rings. The molecule has 1 fully saturated rings. The molecule has 8 heteroatoms. The molecule has 3 rings (SSSR count). The number of carbonyl (C=O) groups excluding carboxylic acids is 2. The molecule has 0 atom stereocenters. The van der Waals surface area contributed by atoms with Crippen LogP contribution in [-0.2, 0) is 11.2 Å². The van der Waals surface area contributed by atoms with Crippen LogP contribution in [0.3, 0.4) is 0 Å². The Hall–Kier alpha value is -1.93. The van der Waals surface area contributed by atoms with E-state index < -0.39 is 0 Å². The Bertz CT molecular complexity index is 802. The standard InChI is InChI=1S/C18H21BrN4O2S/c1-11-8-12(19)6-7-15(11)22-16(24)9-14-10-26-18(21-14)23-17(25)20-13-4-2-3-5-13/h6-8,10,13H,2-5,9H2,1H3,(H,22,24)(H2,20,21,23,25). The van der Waals surface area contributed by atoms with E-state index in [4.69, 9.17) is 0 Å². The molecule has 3 N–H and O–H groups in total. The number of aryl methyl sites for hydroxylation is 1. The van der Waals surface area contributed by atoms with Crippen molar-refractivity contribution >= 4 is 50.0 Å². The number of halogens is 1. The Morgan fingerprint density at radius 2 is 2.04 bits per heavy atom. The molecule has 6 nitrogen and oxygen atoms in total. The maximum atomic E-state index is 12.2. The van der Waals surface area contributed by atoms with Gasteiger partial charge in [-0.3, -0.25) is 10.1 Å². The largest absolute Gasteiger partial charge is 0.335 e. The van der Waals surface area contributed by atoms with E-state index in [-0.39, 0.29) is 24.4 Å². The minimum absolute atomic E-state index is 0.136. The number of nitrogens with one attached hydrogen (secondary N) is 3. The molecule has 0 saturated heterocycles. The lowest BCUT2D eigenvalue weighted by Gasteiger charge is -2.11. The van der Waals surface area contributed by atoms with Crippen molar-refractivity contribution in [3.8, 4) is 0 Å². The first-order valence-corrected chi connectivity index (χ1v) is 10.2. The molecule has 3 amide bonds. The van der Waals surface area contributed by atoms with Gasteiger partial charge in [0.2, 0.25) is 5.91 Å². The van der Waals surface area contributed by atoms with Crippen LogP contribution in [-0.4, -0.2) is 23.0 Å². The first kappa shape index (κ1) is 18.8. The van der Waals surface area contributed by atoms with Gasteiger partial charge in [-0.1, -0.05) is 28.8 Å². The monoisotopic (exact) mass is 436 g/mol. The number of urea groups is 1. The number of thiazole rings is 1. The number of hydrogen-bond acceptors (Lipinski definition) is 4. The number of rotatable bonds is 5. The van der Waals surface area contributed by atoms with Crippen molar-refractivity contribution in [1.29, 1.82) is 0 Å². The Morgan fingerprint density at radius 1 is 1.27 bits per heavy atom. The molecule has 138 valence electrons. The first-order valence-electron chi connectivity index (χ1n) is 8.57. The first-order chi connectivity index (χ1) is 12.5. The van der Waals surface area contributed by atoms with Crippen LogP contribution in [0.5, 0.6) is 0 Å². The minimum atomic E-state index is -0.229. The molecule has 1 saturated carbocycles. The van der Waals surface area contributed by atoms with Gasteiger partial charge in [-0.15, -0.1) is 11.3 Å². The summed E-state index contributed by atoms with van der Waals surface area (Å²) in [6.45, 7) is 1.94. The predicted molar refractivity (Wildman–Crippen MR) is 108 cm³/mol. The molecule has 1 aliphatic carbocycles. The Labute approximate surface area is 164 Å². The van der Waals surface area contributed by atoms with Crippen LogP contribution in [0.25, 0.3) is 0 Å². The maximum Gasteiger partial charge on any atom is 0.321 e. The highest BCUT2D eigenvalue weighted by Gasteiger charge is 2.18. The number of carbonyl (C=O) groups is 2. The molecule has 26 heavy (non-hydrogen) atoms. The fourth-order valence-corrected chi connectivity index (χ4v) is 4.14. The normalized spacial score (nSPS) is 14.2. The van der Waals surface area contributed by atoms with Gasteiger partial charge in [0.05, 0.1) is 12.1 Å². The average molecular weight is 437 g/mol. The van der Waals surface area contributed by atoms with E-state index in [0.29, 0.717) is 10.8 Å². The molecule has 0 unspecified atom stereocenters. The van der Waals surface area contributed by atoms with Gasteiger partial charge in [-0.2, -0.15) is 0 Å². The molecule has 0 radical (unpaired) electrons. The Morgan fingerprint density at radius 3 is 2.77 bits per heavy atom. The Balaban J connectivity index is 1.50. The van der Waals surface area contributed by atoms with Crippen molar-refractivity contribution in [3.05, 3.63) is 39.3 Å². The number of anilines is 2. The maximum absolute atomic E-state index is 12.2. The topological polar surface area (TPSA) is 83.1 Å². The van der Waals surface area contributed by atoms with Gasteiger partial charge in [0.25, 0.3) is 0 Å². The van der Waals surface area contributed by atoms with E-state index in [1.165, 1.54) is 24.2 Å². The molecule has 0 aliphatic heterocycles. The molecular weight excluding hydrogens is 416 g/mol. The Kier molecular flexibility index (Phi) is 6.26. The van der Waals surface area contributed by atoms with Gasteiger partial charge in [0.1, 0.15) is 0 Å². The van der Waals surface area contributed by atoms with Crippen molar-refractivity contribution in [2.75, 3.05) is 10.6 Å². The van der Waals surface area contributed by atoms with Gasteiger partial charge in [0, 0.05) is 21.6 Å². The molecule has 1 aromatic heterocycles. The summed E-state index contributed by atoms with van der Waals surface area (Å²) < 4.78 is 0.971. The number of amides is 3. The summed E-state index contributed by atoms with van der Waals surface area (Å²) in [5.74, 6) is -0.136. The van der Waals surface area contributed by atoms with Crippen molar-refractivity contribution in [2.24, 2.45) is 0 Å². The summed E-state index contributed by atoms with van der Waals surface area (Å²) in [6.07, 6.45) is 4.56. The highest BCUT2D eigenvalue weighted by atomic mass is 79.9. The van der Waals surface area contributed by atoms with Gasteiger partial charge in [0.15, 0.2) is 5.13 Å². The number of nitrogens with zero attached hydrogens (tertiary/aromatic N) is 1. The van der Waals surface area contributed by atoms with Gasteiger partial charge in [-0.25, -0.2) is 9.78 Å². The molecule has 0 bridgehead atoms. The van der Waals surface area contributed by atoms with Crippen LogP contribution >= 0.6 is 27.3 Å². The fourth-order valence-electron chi connectivity index (χ4n) is 2.96. The number of aromatic nitrogens is 1. The summed E-state index contributed by atoms with van der Waals surface area (Å²) in [6, 6.07) is 5.72. The molecular formula is C18H21BrN4O2S. The van der Waals surface area contributed by atoms with Crippen molar-refractivity contribution in [3.63, 3.8) is 0 Å². The van der Waals surface area contributed by atoms with E-state index in [1.807, 2.05) is 25.1 Å². The number of hydrogen-bond donors (Lipinski definition) is 3. The zero-order chi connectivity index (χ0) is 18.5. The van der Waals surface area contributed by atoms with Crippen molar-refractivity contribution in [2.45, 2.75) is 45.1 Å². The highest BCUT2D eigenvalue weighted by molar-refractivity contribution is 9.10. The minimum Gasteiger partial charge on any atom is -0.335 e. The lowest BCUT2D eigenvalue weighted by Crippen LogP contribution is -2.36. The van der Waals surface area contributed by atoms with Crippen molar-refractivity contribution < 1.29 is 9.59 Å². The van der Waals surface area contributed by atoms with Crippen LogP contribution in [0.4, 0.5) is 15.6 Å². The third-order valence-electron chi connectivity index (χ3n) is 4.27. The lowest BCUT2D eigenvalue weighted by atomic mass is 10.2. The summed E-state index contributed by atoms with van der Waals surface area (Å²) >= 11 is 4.72. The molecule has 1 aromatic carbocycles. The zero-order valence-corrected chi connectivity index (χ0v) is 16.9. The summed E-state index contributed by atoms with van der Waals surface area (Å²) in [4.78, 5) is 28.5. The molecule has 1 heterocycles. The lowest BCUT2D eigenvalue weighted by molar-refractivity contribution is -0.115. The van der Waals surface area contributed by atoms with Crippen molar-refractivity contribution in [1.82, 2.24) is 10.3 Å².